The van der Waals surface area contributed by atoms with Crippen molar-refractivity contribution in [1.82, 2.24) is 4.57 Å². The van der Waals surface area contributed by atoms with Gasteiger partial charge in [0, 0.05) is 46.1 Å². The fourth-order valence-electron chi connectivity index (χ4n) is 3.20. The number of benzene rings is 3. The van der Waals surface area contributed by atoms with E-state index in [4.69, 9.17) is 21.5 Å². The molecule has 0 aliphatic heterocycles. The lowest BCUT2D eigenvalue weighted by molar-refractivity contribution is 0.1000. The number of nitriles is 1. The lowest BCUT2D eigenvalue weighted by Gasteiger charge is -2.08. The van der Waals surface area contributed by atoms with Crippen LogP contribution in [0, 0.1) is 34.2 Å². The van der Waals surface area contributed by atoms with E-state index in [1.54, 1.807) is 35.0 Å². The number of carbonyl (C=O) groups excluding carboxylic acids is 1. The quantitative estimate of drug-likeness (QED) is 0.315. The molecule has 0 fully saturated rings. The molecule has 1 amide bonds. The average molecular weight is 450 g/mol. The van der Waals surface area contributed by atoms with E-state index < -0.39 is 23.4 Å². The molecule has 4 rings (SSSR count). The highest BCUT2D eigenvalue weighted by atomic mass is 19.2. The maximum absolute atomic E-state index is 13.7. The van der Waals surface area contributed by atoms with Crippen molar-refractivity contribution in [2.45, 2.75) is 6.54 Å². The van der Waals surface area contributed by atoms with Crippen LogP contribution in [0.4, 0.5) is 13.2 Å². The number of nitrogens with zero attached hydrogens (tertiary/aromatic N) is 2. The summed E-state index contributed by atoms with van der Waals surface area (Å²) in [7, 11) is 0. The predicted molar refractivity (Wildman–Crippen MR) is 117 cm³/mol. The van der Waals surface area contributed by atoms with Gasteiger partial charge in [-0.3, -0.25) is 4.79 Å². The third-order valence-electron chi connectivity index (χ3n) is 4.81. The number of phenols is 1. The van der Waals surface area contributed by atoms with Gasteiger partial charge in [-0.05, 0) is 36.4 Å². The van der Waals surface area contributed by atoms with Crippen molar-refractivity contribution < 1.29 is 23.1 Å². The van der Waals surface area contributed by atoms with Crippen LogP contribution in [0.25, 0.3) is 10.9 Å². The first-order valence-corrected chi connectivity index (χ1v) is 9.49. The van der Waals surface area contributed by atoms with E-state index in [1.165, 1.54) is 24.4 Å². The Bertz CT molecular complexity index is 1410. The van der Waals surface area contributed by atoms with Crippen molar-refractivity contribution in [3.05, 3.63) is 100 Å². The summed E-state index contributed by atoms with van der Waals surface area (Å²) in [4.78, 5) is 10.6. The average Bonchev–Trinajstić information content (AvgIpc) is 3.20. The van der Waals surface area contributed by atoms with Crippen molar-refractivity contribution >= 4 is 23.0 Å². The van der Waals surface area contributed by atoms with Gasteiger partial charge in [-0.25, -0.2) is 13.2 Å². The monoisotopic (exact) mass is 450 g/mol. The van der Waals surface area contributed by atoms with Gasteiger partial charge in [-0.2, -0.15) is 5.26 Å². The molecule has 0 radical (unpaired) electrons. The number of nitrogens with two attached hydrogens (primary N) is 1. The summed E-state index contributed by atoms with van der Waals surface area (Å²) in [5, 5.41) is 25.7. The van der Waals surface area contributed by atoms with Gasteiger partial charge < -0.3 is 20.8 Å². The Labute approximate surface area is 186 Å². The van der Waals surface area contributed by atoms with Gasteiger partial charge in [0.05, 0.1) is 12.1 Å². The van der Waals surface area contributed by atoms with E-state index >= 15 is 0 Å². The number of aromatic nitrogens is 1. The Kier molecular flexibility index (Phi) is 6.79. The second kappa shape index (κ2) is 9.70. The van der Waals surface area contributed by atoms with Gasteiger partial charge in [0.25, 0.3) is 0 Å². The Hall–Kier alpha value is -4.58. The summed E-state index contributed by atoms with van der Waals surface area (Å²) >= 11 is 0. The molecule has 1 heterocycles. The second-order valence-electron chi connectivity index (χ2n) is 6.94. The molecule has 6 nitrogen and oxygen atoms in total. The van der Waals surface area contributed by atoms with Crippen molar-refractivity contribution in [2.24, 2.45) is 5.73 Å². The highest BCUT2D eigenvalue weighted by Crippen LogP contribution is 2.22. The molecular weight excluding hydrogens is 433 g/mol. The summed E-state index contributed by atoms with van der Waals surface area (Å²) in [5.41, 5.74) is 6.68. The van der Waals surface area contributed by atoms with E-state index in [2.05, 4.69) is 0 Å². The minimum Gasteiger partial charge on any atom is -0.507 e. The van der Waals surface area contributed by atoms with E-state index in [1.807, 2.05) is 6.07 Å². The molecule has 0 aliphatic rings. The van der Waals surface area contributed by atoms with Crippen LogP contribution in [-0.2, 0) is 6.54 Å². The maximum atomic E-state index is 13.7. The van der Waals surface area contributed by atoms with Crippen LogP contribution in [0.5, 0.6) is 5.75 Å². The number of aromatic hydroxyl groups is 1. The standard InChI is InChI=1S/C16H11F3N2.C8H6N2O2/c17-12-6-11(16(19)14(18)7-12)9-21-5-4-13-10(8-20)2-1-3-15(13)21;9-4-6-3-5(8(10)12)1-2-7(6)11/h1-8,20H,9H2;1-3,11H,(H2,10,12). The van der Waals surface area contributed by atoms with Crippen molar-refractivity contribution in [3.8, 4) is 11.8 Å². The highest BCUT2D eigenvalue weighted by Gasteiger charge is 2.13. The zero-order valence-corrected chi connectivity index (χ0v) is 17.0. The molecule has 0 atom stereocenters. The molecule has 4 N–H and O–H groups in total. The molecule has 9 heteroatoms. The van der Waals surface area contributed by atoms with Crippen LogP contribution in [-0.4, -0.2) is 21.8 Å². The number of hydrogen-bond acceptors (Lipinski definition) is 4. The first kappa shape index (κ1) is 23.1. The van der Waals surface area contributed by atoms with Gasteiger partial charge in [-0.15, -0.1) is 0 Å². The zero-order chi connectivity index (χ0) is 24.1. The summed E-state index contributed by atoms with van der Waals surface area (Å²) in [6.07, 6.45) is 2.94. The minimum absolute atomic E-state index is 0.0193. The number of phenolic OH excluding ortho intramolecular Hbond substituents is 1. The van der Waals surface area contributed by atoms with Gasteiger partial charge in [0.1, 0.15) is 17.6 Å². The molecule has 0 saturated heterocycles. The number of nitrogens with one attached hydrogen (secondary N) is 1. The predicted octanol–water partition coefficient (Wildman–Crippen LogP) is 4.47. The zero-order valence-electron chi connectivity index (χ0n) is 17.0. The minimum atomic E-state index is -1.19. The smallest absolute Gasteiger partial charge is 0.248 e. The first-order valence-electron chi connectivity index (χ1n) is 9.49. The van der Waals surface area contributed by atoms with E-state index in [9.17, 15) is 18.0 Å². The first-order chi connectivity index (χ1) is 15.7. The van der Waals surface area contributed by atoms with Crippen LogP contribution in [0.3, 0.4) is 0 Å². The van der Waals surface area contributed by atoms with Gasteiger partial charge in [-0.1, -0.05) is 12.1 Å². The molecule has 33 heavy (non-hydrogen) atoms. The number of rotatable bonds is 4. The SMILES string of the molecule is N#Cc1cc(C(N)=O)ccc1O.N=Cc1cccc2c1ccn2Cc1cc(F)cc(F)c1F. The molecule has 3 aromatic carbocycles. The lowest BCUT2D eigenvalue weighted by atomic mass is 10.1. The molecule has 0 spiro atoms. The van der Waals surface area contributed by atoms with E-state index in [-0.39, 0.29) is 29.0 Å². The van der Waals surface area contributed by atoms with Gasteiger partial charge in [0.2, 0.25) is 5.91 Å². The van der Waals surface area contributed by atoms with Crippen molar-refractivity contribution in [2.75, 3.05) is 0 Å². The van der Waals surface area contributed by atoms with Gasteiger partial charge >= 0.3 is 0 Å². The number of fused-ring (bicyclic) bond motifs is 1. The fraction of sp³-hybridized carbons (Fsp3) is 0.0417. The van der Waals surface area contributed by atoms with Crippen LogP contribution in [0.1, 0.15) is 27.0 Å². The van der Waals surface area contributed by atoms with Gasteiger partial charge in [0.15, 0.2) is 11.6 Å². The van der Waals surface area contributed by atoms with Crippen molar-refractivity contribution in [1.29, 1.82) is 10.7 Å². The maximum Gasteiger partial charge on any atom is 0.248 e. The Morgan fingerprint density at radius 1 is 1.15 bits per heavy atom. The summed E-state index contributed by atoms with van der Waals surface area (Å²) < 4.78 is 41.9. The third kappa shape index (κ3) is 5.02. The normalized spacial score (nSPS) is 10.2. The number of carbonyl (C=O) groups is 1. The van der Waals surface area contributed by atoms with E-state index in [0.29, 0.717) is 6.07 Å². The molecule has 0 aliphatic carbocycles. The summed E-state index contributed by atoms with van der Waals surface area (Å²) in [6, 6.07) is 14.3. The topological polar surface area (TPSA) is 116 Å². The van der Waals surface area contributed by atoms with E-state index in [0.717, 1.165) is 22.5 Å². The number of hydrogen-bond donors (Lipinski definition) is 3. The molecule has 166 valence electrons. The second-order valence-corrected chi connectivity index (χ2v) is 6.94. The molecule has 1 aromatic heterocycles. The lowest BCUT2D eigenvalue weighted by Crippen LogP contribution is -2.10. The van der Waals surface area contributed by atoms with Crippen LogP contribution in [0.2, 0.25) is 0 Å². The Balaban J connectivity index is 0.000000218. The molecule has 0 bridgehead atoms. The summed E-state index contributed by atoms with van der Waals surface area (Å²) in [5.74, 6) is -3.81. The van der Waals surface area contributed by atoms with Crippen molar-refractivity contribution in [3.63, 3.8) is 0 Å². The molecule has 0 unspecified atom stereocenters. The number of amides is 1. The largest absolute Gasteiger partial charge is 0.507 e. The summed E-state index contributed by atoms with van der Waals surface area (Å²) in [6.45, 7) is 0.0193. The molecular formula is C24H17F3N4O2. The fourth-order valence-corrected chi connectivity index (χ4v) is 3.20. The van der Waals surface area contributed by atoms with Crippen LogP contribution >= 0.6 is 0 Å². The van der Waals surface area contributed by atoms with Crippen LogP contribution in [0.15, 0.2) is 60.8 Å². The Morgan fingerprint density at radius 3 is 2.58 bits per heavy atom. The molecule has 4 aromatic rings. The Morgan fingerprint density at radius 2 is 1.91 bits per heavy atom. The number of primary amides is 1. The molecule has 0 saturated carbocycles. The highest BCUT2D eigenvalue weighted by molar-refractivity contribution is 5.98. The van der Waals surface area contributed by atoms with Crippen LogP contribution < -0.4 is 5.73 Å². The number of halogens is 3. The third-order valence-corrected chi connectivity index (χ3v) is 4.81.